The van der Waals surface area contributed by atoms with Crippen LogP contribution in [0.15, 0.2) is 0 Å². The molecule has 0 aromatic heterocycles. The average Bonchev–Trinajstić information content (AvgIpc) is 2.33. The van der Waals surface area contributed by atoms with Crippen molar-refractivity contribution in [2.75, 3.05) is 13.1 Å². The number of carbonyl (C=O) groups is 1. The second kappa shape index (κ2) is 5.55. The lowest BCUT2D eigenvalue weighted by Gasteiger charge is -2.43. The van der Waals surface area contributed by atoms with Crippen LogP contribution in [0.25, 0.3) is 0 Å². The quantitative estimate of drug-likeness (QED) is 0.840. The Kier molecular flexibility index (Phi) is 4.25. The summed E-state index contributed by atoms with van der Waals surface area (Å²) in [4.78, 5) is 14.0. The number of hydrogen-bond donors (Lipinski definition) is 1. The molecule has 1 saturated carbocycles. The highest BCUT2D eigenvalue weighted by Gasteiger charge is 2.41. The molecule has 2 aliphatic rings. The van der Waals surface area contributed by atoms with Crippen LogP contribution < -0.4 is 0 Å². The summed E-state index contributed by atoms with van der Waals surface area (Å²) in [6.07, 6.45) is 1.63. The molecule has 18 heavy (non-hydrogen) atoms. The topological polar surface area (TPSA) is 40.5 Å². The molecule has 2 rings (SSSR count). The Labute approximate surface area is 108 Å². The normalized spacial score (nSPS) is 35.1. The molecule has 0 aromatic rings. The molecule has 2 fully saturated rings. The number of nitrogens with zero attached hydrogens (tertiary/aromatic N) is 1. The summed E-state index contributed by atoms with van der Waals surface area (Å²) in [6.45, 7) is 5.15. The van der Waals surface area contributed by atoms with Gasteiger partial charge in [-0.3, -0.25) is 4.79 Å². The van der Waals surface area contributed by atoms with E-state index in [2.05, 4.69) is 13.8 Å². The first-order valence-corrected chi connectivity index (χ1v) is 7.13. The van der Waals surface area contributed by atoms with E-state index in [0.717, 1.165) is 12.8 Å². The van der Waals surface area contributed by atoms with Crippen molar-refractivity contribution in [3.63, 3.8) is 0 Å². The molecule has 0 spiro atoms. The van der Waals surface area contributed by atoms with Crippen molar-refractivity contribution in [3.05, 3.63) is 0 Å². The van der Waals surface area contributed by atoms with Gasteiger partial charge in [0, 0.05) is 19.0 Å². The minimum Gasteiger partial charge on any atom is -0.389 e. The van der Waals surface area contributed by atoms with Crippen molar-refractivity contribution < 1.29 is 14.3 Å². The monoisotopic (exact) mass is 257 g/mol. The van der Waals surface area contributed by atoms with Crippen molar-refractivity contribution >= 4 is 5.91 Å². The molecular weight excluding hydrogens is 233 g/mol. The van der Waals surface area contributed by atoms with Crippen molar-refractivity contribution in [1.82, 2.24) is 4.90 Å². The van der Waals surface area contributed by atoms with Gasteiger partial charge in [-0.2, -0.15) is 0 Å². The molecule has 1 heterocycles. The highest BCUT2D eigenvalue weighted by molar-refractivity contribution is 5.80. The molecule has 1 N–H and O–H groups in total. The summed E-state index contributed by atoms with van der Waals surface area (Å²) in [7, 11) is 0. The molecule has 1 aliphatic heterocycles. The van der Waals surface area contributed by atoms with Gasteiger partial charge in [-0.25, -0.2) is 4.39 Å². The van der Waals surface area contributed by atoms with Gasteiger partial charge in [0.1, 0.15) is 6.17 Å². The Morgan fingerprint density at radius 2 is 2.11 bits per heavy atom. The molecule has 3 nitrogen and oxygen atoms in total. The van der Waals surface area contributed by atoms with Gasteiger partial charge in [0.25, 0.3) is 0 Å². The largest absolute Gasteiger partial charge is 0.389 e. The number of alkyl halides is 1. The van der Waals surface area contributed by atoms with Crippen LogP contribution in [-0.4, -0.2) is 41.3 Å². The summed E-state index contributed by atoms with van der Waals surface area (Å²) in [5, 5.41) is 9.27. The lowest BCUT2D eigenvalue weighted by atomic mass is 9.71. The van der Waals surface area contributed by atoms with Gasteiger partial charge >= 0.3 is 0 Å². The maximum absolute atomic E-state index is 13.6. The van der Waals surface area contributed by atoms with E-state index in [0.29, 0.717) is 37.8 Å². The summed E-state index contributed by atoms with van der Waals surface area (Å²) in [5.74, 6) is 0.675. The second-order valence-electron chi connectivity index (χ2n) is 5.96. The van der Waals surface area contributed by atoms with E-state index in [1.807, 2.05) is 0 Å². The van der Waals surface area contributed by atoms with Gasteiger partial charge < -0.3 is 10.0 Å². The van der Waals surface area contributed by atoms with Crippen molar-refractivity contribution in [2.45, 2.75) is 51.8 Å². The molecule has 104 valence electrons. The molecule has 4 unspecified atom stereocenters. The molecule has 0 aromatic carbocycles. The van der Waals surface area contributed by atoms with E-state index < -0.39 is 6.17 Å². The lowest BCUT2D eigenvalue weighted by molar-refractivity contribution is -0.150. The lowest BCUT2D eigenvalue weighted by Crippen LogP contribution is -2.57. The molecule has 0 bridgehead atoms. The minimum absolute atomic E-state index is 0.0629. The summed E-state index contributed by atoms with van der Waals surface area (Å²) < 4.78 is 13.6. The highest BCUT2D eigenvalue weighted by atomic mass is 19.1. The molecule has 1 amide bonds. The maximum atomic E-state index is 13.6. The fraction of sp³-hybridized carbons (Fsp3) is 0.929. The summed E-state index contributed by atoms with van der Waals surface area (Å²) in [5.41, 5.74) is 0. The Morgan fingerprint density at radius 3 is 2.67 bits per heavy atom. The zero-order chi connectivity index (χ0) is 13.3. The van der Waals surface area contributed by atoms with Crippen LogP contribution in [0.2, 0.25) is 0 Å². The molecule has 4 atom stereocenters. The maximum Gasteiger partial charge on any atom is 0.226 e. The average molecular weight is 257 g/mol. The van der Waals surface area contributed by atoms with Gasteiger partial charge in [0.05, 0.1) is 6.10 Å². The minimum atomic E-state index is -0.828. The van der Waals surface area contributed by atoms with Crippen molar-refractivity contribution in [1.29, 1.82) is 0 Å². The van der Waals surface area contributed by atoms with Crippen LogP contribution >= 0.6 is 0 Å². The molecule has 1 saturated heterocycles. The predicted octanol–water partition coefficient (Wildman–Crippen LogP) is 1.99. The standard InChI is InChI=1S/C14H24FNO2/c1-3-9(2)12-5-4-10(15)6-13(12)14(18)16-7-11(17)8-16/h9-13,17H,3-8H2,1-2H3. The number of amides is 1. The van der Waals surface area contributed by atoms with E-state index in [9.17, 15) is 14.3 Å². The third-order valence-corrected chi connectivity index (χ3v) is 4.71. The van der Waals surface area contributed by atoms with Gasteiger partial charge in [-0.15, -0.1) is 0 Å². The second-order valence-corrected chi connectivity index (χ2v) is 5.96. The zero-order valence-electron chi connectivity index (χ0n) is 11.3. The Morgan fingerprint density at radius 1 is 1.44 bits per heavy atom. The first-order chi connectivity index (χ1) is 8.52. The number of aliphatic hydroxyl groups excluding tert-OH is 1. The first kappa shape index (κ1) is 13.8. The number of likely N-dealkylation sites (tertiary alicyclic amines) is 1. The Bertz CT molecular complexity index is 304. The number of halogens is 1. The van der Waals surface area contributed by atoms with E-state index in [1.54, 1.807) is 4.90 Å². The van der Waals surface area contributed by atoms with Gasteiger partial charge in [0.2, 0.25) is 5.91 Å². The van der Waals surface area contributed by atoms with Crippen LogP contribution in [0.3, 0.4) is 0 Å². The highest BCUT2D eigenvalue weighted by Crippen LogP contribution is 2.39. The third kappa shape index (κ3) is 2.68. The predicted molar refractivity (Wildman–Crippen MR) is 67.8 cm³/mol. The van der Waals surface area contributed by atoms with E-state index in [-0.39, 0.29) is 17.9 Å². The molecular formula is C14H24FNO2. The van der Waals surface area contributed by atoms with E-state index in [4.69, 9.17) is 0 Å². The van der Waals surface area contributed by atoms with Crippen LogP contribution in [0, 0.1) is 17.8 Å². The number of aliphatic hydroxyl groups is 1. The number of β-amino-alcohol motifs (C(OH)–C–C–N with tert-alkyl or cyclic N) is 1. The smallest absolute Gasteiger partial charge is 0.226 e. The molecule has 0 radical (unpaired) electrons. The Balaban J connectivity index is 2.02. The van der Waals surface area contributed by atoms with Gasteiger partial charge in [0.15, 0.2) is 0 Å². The number of carbonyl (C=O) groups excluding carboxylic acids is 1. The zero-order valence-corrected chi connectivity index (χ0v) is 11.3. The summed E-state index contributed by atoms with van der Waals surface area (Å²) >= 11 is 0. The van der Waals surface area contributed by atoms with Crippen LogP contribution in [0.4, 0.5) is 4.39 Å². The van der Waals surface area contributed by atoms with Crippen LogP contribution in [0.5, 0.6) is 0 Å². The molecule has 1 aliphatic carbocycles. The fourth-order valence-electron chi connectivity index (χ4n) is 3.28. The molecule has 4 heteroatoms. The van der Waals surface area contributed by atoms with Crippen LogP contribution in [0.1, 0.15) is 39.5 Å². The number of rotatable bonds is 3. The van der Waals surface area contributed by atoms with E-state index in [1.165, 1.54) is 0 Å². The van der Waals surface area contributed by atoms with Crippen molar-refractivity contribution in [3.8, 4) is 0 Å². The first-order valence-electron chi connectivity index (χ1n) is 7.13. The third-order valence-electron chi connectivity index (χ3n) is 4.71. The summed E-state index contributed by atoms with van der Waals surface area (Å²) in [6, 6.07) is 0. The van der Waals surface area contributed by atoms with Gasteiger partial charge in [-0.1, -0.05) is 20.3 Å². The van der Waals surface area contributed by atoms with Crippen molar-refractivity contribution in [2.24, 2.45) is 17.8 Å². The van der Waals surface area contributed by atoms with Crippen LogP contribution in [-0.2, 0) is 4.79 Å². The Hall–Kier alpha value is -0.640. The number of hydrogen-bond acceptors (Lipinski definition) is 2. The van der Waals surface area contributed by atoms with Gasteiger partial charge in [-0.05, 0) is 31.1 Å². The SMILES string of the molecule is CCC(C)C1CCC(F)CC1C(=O)N1CC(O)C1. The fourth-order valence-corrected chi connectivity index (χ4v) is 3.28. The van der Waals surface area contributed by atoms with E-state index >= 15 is 0 Å².